The predicted octanol–water partition coefficient (Wildman–Crippen LogP) is -0.366. The molecule has 17 nitrogen and oxygen atoms in total. The van der Waals surface area contributed by atoms with Gasteiger partial charge in [-0.3, -0.25) is 19.2 Å². The molecule has 9 rings (SSSR count). The summed E-state index contributed by atoms with van der Waals surface area (Å²) in [6, 6.07) is 21.1. The maximum atomic E-state index is 14.8. The van der Waals surface area contributed by atoms with Gasteiger partial charge in [0.25, 0.3) is 5.91 Å². The van der Waals surface area contributed by atoms with Gasteiger partial charge in [0.2, 0.25) is 5.91 Å². The molecule has 6 aliphatic rings. The van der Waals surface area contributed by atoms with Gasteiger partial charge in [-0.25, -0.2) is 0 Å². The number of esters is 1. The topological polar surface area (TPSA) is 235 Å². The molecule has 7 N–H and O–H groups in total. The normalized spacial score (nSPS) is 33.4. The van der Waals surface area contributed by atoms with Crippen molar-refractivity contribution in [1.82, 2.24) is 15.7 Å². The second-order valence-corrected chi connectivity index (χ2v) is 16.5. The summed E-state index contributed by atoms with van der Waals surface area (Å²) in [5, 5.41) is 56.3. The summed E-state index contributed by atoms with van der Waals surface area (Å²) >= 11 is 0. The summed E-state index contributed by atoms with van der Waals surface area (Å²) in [7, 11) is 0. The highest BCUT2D eigenvalue weighted by Crippen LogP contribution is 2.58. The smallest absolute Gasteiger partial charge is 0.327 e. The molecule has 5 fully saturated rings. The fourth-order valence-corrected chi connectivity index (χ4v) is 9.72. The van der Waals surface area contributed by atoms with Gasteiger partial charge in [-0.15, -0.1) is 0 Å². The number of ether oxygens (including phenoxy) is 5. The van der Waals surface area contributed by atoms with Crippen molar-refractivity contribution in [3.05, 3.63) is 112 Å². The van der Waals surface area contributed by atoms with Crippen molar-refractivity contribution >= 4 is 23.9 Å². The van der Waals surface area contributed by atoms with E-state index in [4.69, 9.17) is 33.6 Å². The van der Waals surface area contributed by atoms with Crippen molar-refractivity contribution in [3.63, 3.8) is 0 Å². The van der Waals surface area contributed by atoms with Gasteiger partial charge in [0.05, 0.1) is 26.4 Å². The number of benzene rings is 3. The van der Waals surface area contributed by atoms with Crippen LogP contribution in [0.5, 0.6) is 0 Å². The molecule has 4 heterocycles. The largest absolute Gasteiger partial charge is 0.458 e. The number of aliphatic hydroxyl groups is 5. The molecular formula is C44H49N3O14. The summed E-state index contributed by atoms with van der Waals surface area (Å²) in [6.07, 6.45) is -5.52. The number of amides is 2. The number of aliphatic hydroxyl groups excluding tert-OH is 5. The lowest BCUT2D eigenvalue weighted by molar-refractivity contribution is -0.298. The number of hydrogen-bond donors (Lipinski definition) is 7. The monoisotopic (exact) mass is 843 g/mol. The van der Waals surface area contributed by atoms with Gasteiger partial charge >= 0.3 is 5.97 Å². The van der Waals surface area contributed by atoms with Crippen molar-refractivity contribution in [2.75, 3.05) is 26.4 Å². The molecule has 61 heavy (non-hydrogen) atoms. The van der Waals surface area contributed by atoms with E-state index in [9.17, 15) is 34.8 Å². The molecule has 324 valence electrons. The lowest BCUT2D eigenvalue weighted by Crippen LogP contribution is -2.69. The first kappa shape index (κ1) is 41.7. The van der Waals surface area contributed by atoms with E-state index < -0.39 is 90.8 Å². The van der Waals surface area contributed by atoms with Crippen LogP contribution in [0.15, 0.2) is 78.9 Å². The second kappa shape index (κ2) is 16.9. The summed E-state index contributed by atoms with van der Waals surface area (Å²) < 4.78 is 30.7. The van der Waals surface area contributed by atoms with Crippen LogP contribution in [0.4, 0.5) is 0 Å². The fourth-order valence-electron chi connectivity index (χ4n) is 9.72. The van der Waals surface area contributed by atoms with Crippen LogP contribution in [-0.4, -0.2) is 142 Å². The van der Waals surface area contributed by atoms with E-state index in [0.29, 0.717) is 24.0 Å². The Bertz CT molecular complexity index is 2140. The fraction of sp³-hybridized carbons (Fsp3) is 0.477. The lowest BCUT2D eigenvalue weighted by Gasteiger charge is -2.48. The van der Waals surface area contributed by atoms with E-state index in [2.05, 4.69) is 10.6 Å². The van der Waals surface area contributed by atoms with Gasteiger partial charge in [-0.2, -0.15) is 5.06 Å². The van der Waals surface area contributed by atoms with E-state index >= 15 is 0 Å². The van der Waals surface area contributed by atoms with Gasteiger partial charge < -0.3 is 59.9 Å². The van der Waals surface area contributed by atoms with Crippen molar-refractivity contribution in [2.45, 2.75) is 99.3 Å². The molecule has 11 unspecified atom stereocenters. The minimum atomic E-state index is -1.56. The van der Waals surface area contributed by atoms with E-state index in [1.54, 1.807) is 36.4 Å². The molecule has 0 radical (unpaired) electrons. The number of fused-ring (bicyclic) bond motifs is 5. The van der Waals surface area contributed by atoms with Crippen molar-refractivity contribution in [3.8, 4) is 0 Å². The Hall–Kier alpha value is -4.63. The molecular weight excluding hydrogens is 794 g/mol. The van der Waals surface area contributed by atoms with Crippen LogP contribution in [0.25, 0.3) is 6.08 Å². The van der Waals surface area contributed by atoms with Gasteiger partial charge in [-0.1, -0.05) is 72.8 Å². The van der Waals surface area contributed by atoms with Crippen molar-refractivity contribution in [2.24, 2.45) is 5.41 Å². The Morgan fingerprint density at radius 2 is 1.64 bits per heavy atom. The molecule has 0 aromatic heterocycles. The van der Waals surface area contributed by atoms with Crippen LogP contribution in [0.1, 0.15) is 44.6 Å². The first-order valence-electron chi connectivity index (χ1n) is 20.5. The number of hydroxylamine groups is 2. The van der Waals surface area contributed by atoms with Crippen molar-refractivity contribution in [1.29, 1.82) is 0 Å². The highest BCUT2D eigenvalue weighted by molar-refractivity contribution is 5.95. The first-order chi connectivity index (χ1) is 29.5. The van der Waals surface area contributed by atoms with Crippen LogP contribution in [0.2, 0.25) is 0 Å². The molecule has 17 heteroatoms. The Balaban J connectivity index is 0.951. The van der Waals surface area contributed by atoms with Gasteiger partial charge in [0, 0.05) is 37.9 Å². The zero-order chi connectivity index (χ0) is 42.5. The highest BCUT2D eigenvalue weighted by Gasteiger charge is 2.76. The zero-order valence-corrected chi connectivity index (χ0v) is 33.1. The maximum absolute atomic E-state index is 14.8. The summed E-state index contributed by atoms with van der Waals surface area (Å²) in [5.74, 6) is -2.41. The molecule has 4 aliphatic heterocycles. The third-order valence-corrected chi connectivity index (χ3v) is 12.6. The molecule has 1 spiro atoms. The van der Waals surface area contributed by atoms with Crippen LogP contribution in [0.3, 0.4) is 0 Å². The third-order valence-electron chi connectivity index (χ3n) is 12.6. The van der Waals surface area contributed by atoms with Gasteiger partial charge in [-0.05, 0) is 39.9 Å². The Kier molecular flexibility index (Phi) is 11.6. The first-order valence-corrected chi connectivity index (χ1v) is 20.5. The van der Waals surface area contributed by atoms with E-state index in [1.807, 2.05) is 48.5 Å². The number of carbonyl (C=O) groups is 3. The minimum absolute atomic E-state index is 0.0328. The van der Waals surface area contributed by atoms with Crippen LogP contribution in [-0.2, 0) is 64.0 Å². The number of carbonyl (C=O) groups excluding carboxylic acids is 3. The molecule has 2 amide bonds. The number of nitrogens with one attached hydrogen (secondary N) is 2. The quantitative estimate of drug-likeness (QED) is 0.109. The average molecular weight is 844 g/mol. The molecule has 11 atom stereocenters. The SMILES string of the molecule is O=C(NCCO)c1cccc(CNC(=O)C23CC4OC(=O)C2N(Cc2cccc(C=CCOC5OC(CO)C(O)C(O)C5O)c2)OC3C2OC3(Cc5ccccc5C3)OC42)c1. The summed E-state index contributed by atoms with van der Waals surface area (Å²) in [5.41, 5.74) is 3.29. The second-order valence-electron chi connectivity index (χ2n) is 16.5. The maximum Gasteiger partial charge on any atom is 0.327 e. The van der Waals surface area contributed by atoms with E-state index in [1.165, 1.54) is 5.06 Å². The predicted molar refractivity (Wildman–Crippen MR) is 210 cm³/mol. The van der Waals surface area contributed by atoms with Crippen LogP contribution in [0, 0.1) is 5.41 Å². The zero-order valence-electron chi connectivity index (χ0n) is 33.1. The standard InChI is InChI=1S/C44H49N3O14/c48-14-13-45-39(53)27-12-4-7-25(17-27)21-46-42(55)44-20-30-35-36(60-43(59-35)18-28-10-1-2-11-29(28)19-43)38(44)61-47(37(44)40(54)57-30)22-26-8-3-6-24(16-26)9-5-15-56-41-34(52)33(51)32(50)31(23-49)58-41/h1-12,16-17,30-38,41,48-52H,13-15,18-23H2,(H,45,53)(H,46,55). The Morgan fingerprint density at radius 1 is 0.885 bits per heavy atom. The molecule has 4 saturated heterocycles. The van der Waals surface area contributed by atoms with E-state index in [-0.39, 0.29) is 45.2 Å². The van der Waals surface area contributed by atoms with Crippen LogP contribution >= 0.6 is 0 Å². The summed E-state index contributed by atoms with van der Waals surface area (Å²) in [4.78, 5) is 48.4. The highest BCUT2D eigenvalue weighted by atomic mass is 16.8. The average Bonchev–Trinajstić information content (AvgIpc) is 3.94. The minimum Gasteiger partial charge on any atom is -0.458 e. The molecule has 3 aromatic carbocycles. The van der Waals surface area contributed by atoms with Crippen LogP contribution < -0.4 is 10.6 Å². The Morgan fingerprint density at radius 3 is 2.41 bits per heavy atom. The van der Waals surface area contributed by atoms with Crippen molar-refractivity contribution < 1.29 is 68.4 Å². The third kappa shape index (κ3) is 7.67. The summed E-state index contributed by atoms with van der Waals surface area (Å²) in [6.45, 7) is -0.548. The lowest BCUT2D eigenvalue weighted by atomic mass is 9.62. The van der Waals surface area contributed by atoms with Gasteiger partial charge in [0.15, 0.2) is 18.1 Å². The van der Waals surface area contributed by atoms with E-state index in [0.717, 1.165) is 22.3 Å². The number of nitrogens with zero attached hydrogens (tertiary/aromatic N) is 1. The molecule has 2 bridgehead atoms. The number of rotatable bonds is 13. The molecule has 1 saturated carbocycles. The Labute approximate surface area is 350 Å². The van der Waals surface area contributed by atoms with Gasteiger partial charge in [0.1, 0.15) is 54.2 Å². The molecule has 2 aliphatic carbocycles. The molecule has 3 aromatic rings. The number of hydrogen-bond acceptors (Lipinski definition) is 15.